The highest BCUT2D eigenvalue weighted by molar-refractivity contribution is 5.52. The summed E-state index contributed by atoms with van der Waals surface area (Å²) in [5, 5.41) is 0. The average Bonchev–Trinajstić information content (AvgIpc) is 2.88. The molecule has 20 heavy (non-hydrogen) atoms. The van der Waals surface area contributed by atoms with Crippen LogP contribution in [0.15, 0.2) is 17.1 Å². The van der Waals surface area contributed by atoms with Gasteiger partial charge in [-0.15, -0.1) is 0 Å². The van der Waals surface area contributed by atoms with Gasteiger partial charge < -0.3 is 4.74 Å². The third-order valence-corrected chi connectivity index (χ3v) is 4.37. The van der Waals surface area contributed by atoms with Crippen molar-refractivity contribution in [1.29, 1.82) is 0 Å². The second-order valence-corrected chi connectivity index (χ2v) is 5.97. The number of isocyanates is 1. The van der Waals surface area contributed by atoms with Crippen LogP contribution in [-0.4, -0.2) is 13.2 Å². The molecule has 2 rings (SSSR count). The molecule has 0 aliphatic heterocycles. The van der Waals surface area contributed by atoms with Crippen molar-refractivity contribution in [2.45, 2.75) is 57.9 Å². The van der Waals surface area contributed by atoms with Crippen LogP contribution >= 0.6 is 0 Å². The van der Waals surface area contributed by atoms with Gasteiger partial charge in [0.1, 0.15) is 5.75 Å². The minimum atomic E-state index is -0.387. The quantitative estimate of drug-likeness (QED) is 0.608. The summed E-state index contributed by atoms with van der Waals surface area (Å²) >= 11 is 0. The lowest BCUT2D eigenvalue weighted by Gasteiger charge is -2.29. The molecule has 3 heteroatoms. The van der Waals surface area contributed by atoms with Gasteiger partial charge in [-0.1, -0.05) is 38.8 Å². The van der Waals surface area contributed by atoms with Crippen LogP contribution in [0.25, 0.3) is 0 Å². The second kappa shape index (κ2) is 5.80. The van der Waals surface area contributed by atoms with Crippen molar-refractivity contribution in [3.8, 4) is 5.75 Å². The Morgan fingerprint density at radius 2 is 1.95 bits per heavy atom. The number of methoxy groups -OCH3 is 1. The Morgan fingerprint density at radius 1 is 1.30 bits per heavy atom. The highest BCUT2D eigenvalue weighted by Crippen LogP contribution is 2.47. The van der Waals surface area contributed by atoms with Gasteiger partial charge in [-0.2, -0.15) is 4.99 Å². The monoisotopic (exact) mass is 273 g/mol. The molecule has 1 aliphatic carbocycles. The number of rotatable bonds is 4. The summed E-state index contributed by atoms with van der Waals surface area (Å²) in [6.45, 7) is 6.38. The SMILES string of the molecule is COc1c(C)ccc(C2(N=C=O)CCCC2)c1C(C)C. The molecule has 0 heterocycles. The van der Waals surface area contributed by atoms with Crippen LogP contribution in [0.1, 0.15) is 62.1 Å². The summed E-state index contributed by atoms with van der Waals surface area (Å²) < 4.78 is 5.62. The van der Waals surface area contributed by atoms with E-state index in [1.807, 2.05) is 0 Å². The predicted molar refractivity (Wildman–Crippen MR) is 80.1 cm³/mol. The first-order valence-electron chi connectivity index (χ1n) is 7.32. The molecule has 1 fully saturated rings. The van der Waals surface area contributed by atoms with E-state index in [0.717, 1.165) is 42.6 Å². The van der Waals surface area contributed by atoms with Crippen molar-refractivity contribution in [2.75, 3.05) is 7.11 Å². The summed E-state index contributed by atoms with van der Waals surface area (Å²) in [5.74, 6) is 1.27. The van der Waals surface area contributed by atoms with E-state index < -0.39 is 0 Å². The summed E-state index contributed by atoms with van der Waals surface area (Å²) in [6, 6.07) is 4.19. The molecule has 0 saturated heterocycles. The Morgan fingerprint density at radius 3 is 2.45 bits per heavy atom. The highest BCUT2D eigenvalue weighted by atomic mass is 16.5. The predicted octanol–water partition coefficient (Wildman–Crippen LogP) is 4.23. The molecular weight excluding hydrogens is 250 g/mol. The van der Waals surface area contributed by atoms with E-state index in [1.165, 1.54) is 5.56 Å². The molecule has 0 amide bonds. The van der Waals surface area contributed by atoms with E-state index in [0.29, 0.717) is 5.92 Å². The molecule has 0 N–H and O–H groups in total. The van der Waals surface area contributed by atoms with Gasteiger partial charge in [-0.25, -0.2) is 4.79 Å². The third kappa shape index (κ3) is 2.38. The van der Waals surface area contributed by atoms with Gasteiger partial charge in [-0.3, -0.25) is 0 Å². The first kappa shape index (κ1) is 14.8. The molecule has 108 valence electrons. The lowest BCUT2D eigenvalue weighted by molar-refractivity contribution is 0.395. The molecule has 0 bridgehead atoms. The molecule has 1 aromatic rings. The fraction of sp³-hybridized carbons (Fsp3) is 0.588. The Bertz CT molecular complexity index is 536. The maximum Gasteiger partial charge on any atom is 0.235 e. The molecule has 0 atom stereocenters. The summed E-state index contributed by atoms with van der Waals surface area (Å²) in [4.78, 5) is 15.1. The lowest BCUT2D eigenvalue weighted by atomic mass is 9.81. The van der Waals surface area contributed by atoms with Gasteiger partial charge in [0.05, 0.1) is 12.6 Å². The van der Waals surface area contributed by atoms with Crippen molar-refractivity contribution in [3.63, 3.8) is 0 Å². The number of hydrogen-bond acceptors (Lipinski definition) is 3. The number of ether oxygens (including phenoxy) is 1. The normalized spacial score (nSPS) is 17.1. The molecule has 0 unspecified atom stereocenters. The van der Waals surface area contributed by atoms with Crippen molar-refractivity contribution in [1.82, 2.24) is 0 Å². The van der Waals surface area contributed by atoms with Crippen molar-refractivity contribution in [3.05, 3.63) is 28.8 Å². The first-order valence-corrected chi connectivity index (χ1v) is 7.32. The van der Waals surface area contributed by atoms with Crippen LogP contribution in [0.3, 0.4) is 0 Å². The highest BCUT2D eigenvalue weighted by Gasteiger charge is 2.38. The Hall–Kier alpha value is -1.60. The Kier molecular flexibility index (Phi) is 4.29. The summed E-state index contributed by atoms with van der Waals surface area (Å²) in [6.07, 6.45) is 5.87. The molecule has 0 aromatic heterocycles. The molecule has 1 saturated carbocycles. The molecule has 3 nitrogen and oxygen atoms in total. The number of aliphatic imine (C=N–C) groups is 1. The van der Waals surface area contributed by atoms with Gasteiger partial charge >= 0.3 is 0 Å². The minimum absolute atomic E-state index is 0.333. The van der Waals surface area contributed by atoms with Crippen LogP contribution in [0.5, 0.6) is 5.75 Å². The Balaban J connectivity index is 2.69. The lowest BCUT2D eigenvalue weighted by Crippen LogP contribution is -2.22. The van der Waals surface area contributed by atoms with Gasteiger partial charge in [-0.05, 0) is 36.8 Å². The van der Waals surface area contributed by atoms with E-state index in [1.54, 1.807) is 13.2 Å². The Labute approximate surface area is 121 Å². The minimum Gasteiger partial charge on any atom is -0.496 e. The summed E-state index contributed by atoms with van der Waals surface area (Å²) in [5.41, 5.74) is 3.08. The van der Waals surface area contributed by atoms with E-state index >= 15 is 0 Å². The van der Waals surface area contributed by atoms with Crippen molar-refractivity contribution >= 4 is 6.08 Å². The van der Waals surface area contributed by atoms with Crippen LogP contribution in [0.2, 0.25) is 0 Å². The molecule has 1 aromatic carbocycles. The zero-order chi connectivity index (χ0) is 14.8. The van der Waals surface area contributed by atoms with Crippen LogP contribution in [-0.2, 0) is 10.3 Å². The second-order valence-electron chi connectivity index (χ2n) is 5.97. The third-order valence-electron chi connectivity index (χ3n) is 4.37. The zero-order valence-corrected chi connectivity index (χ0v) is 12.8. The van der Waals surface area contributed by atoms with Crippen molar-refractivity contribution in [2.24, 2.45) is 4.99 Å². The van der Waals surface area contributed by atoms with Crippen molar-refractivity contribution < 1.29 is 9.53 Å². The standard InChI is InChI=1S/C17H23NO2/c1-12(2)15-14(8-7-13(3)16(15)20-4)17(18-11-19)9-5-6-10-17/h7-8,12H,5-6,9-10H2,1-4H3. The topological polar surface area (TPSA) is 38.7 Å². The van der Waals surface area contributed by atoms with Gasteiger partial charge in [0.15, 0.2) is 0 Å². The van der Waals surface area contributed by atoms with Gasteiger partial charge in [0, 0.05) is 5.56 Å². The largest absolute Gasteiger partial charge is 0.496 e. The van der Waals surface area contributed by atoms with Gasteiger partial charge in [0.25, 0.3) is 0 Å². The van der Waals surface area contributed by atoms with Crippen LogP contribution in [0, 0.1) is 6.92 Å². The fourth-order valence-corrected chi connectivity index (χ4v) is 3.45. The molecule has 0 spiro atoms. The number of aryl methyl sites for hydroxylation is 1. The number of nitrogens with zero attached hydrogens (tertiary/aromatic N) is 1. The van der Waals surface area contributed by atoms with E-state index in [2.05, 4.69) is 37.9 Å². The first-order chi connectivity index (χ1) is 9.55. The number of hydrogen-bond donors (Lipinski definition) is 0. The smallest absolute Gasteiger partial charge is 0.235 e. The molecule has 0 radical (unpaired) electrons. The molecule has 1 aliphatic rings. The van der Waals surface area contributed by atoms with E-state index in [-0.39, 0.29) is 5.54 Å². The van der Waals surface area contributed by atoms with E-state index in [9.17, 15) is 4.79 Å². The summed E-state index contributed by atoms with van der Waals surface area (Å²) in [7, 11) is 1.71. The zero-order valence-electron chi connectivity index (χ0n) is 12.8. The number of carbonyl (C=O) groups excluding carboxylic acids is 1. The van der Waals surface area contributed by atoms with E-state index in [4.69, 9.17) is 4.74 Å². The average molecular weight is 273 g/mol. The van der Waals surface area contributed by atoms with Crippen LogP contribution < -0.4 is 4.74 Å². The van der Waals surface area contributed by atoms with Crippen LogP contribution in [0.4, 0.5) is 0 Å². The van der Waals surface area contributed by atoms with Gasteiger partial charge in [0.2, 0.25) is 6.08 Å². The fourth-order valence-electron chi connectivity index (χ4n) is 3.45. The molecular formula is C17H23NO2. The maximum absolute atomic E-state index is 10.9. The number of benzene rings is 1. The maximum atomic E-state index is 10.9.